The Morgan fingerprint density at radius 1 is 1.06 bits per heavy atom. The number of benzene rings is 2. The molecule has 162 valence electrons. The fourth-order valence-corrected chi connectivity index (χ4v) is 5.81. The molecule has 2 atom stereocenters. The van der Waals surface area contributed by atoms with Crippen molar-refractivity contribution in [2.75, 3.05) is 18.1 Å². The van der Waals surface area contributed by atoms with E-state index in [9.17, 15) is 22.8 Å². The third-order valence-corrected chi connectivity index (χ3v) is 7.42. The quantitative estimate of drug-likeness (QED) is 0.649. The van der Waals surface area contributed by atoms with Crippen molar-refractivity contribution in [2.45, 2.75) is 24.4 Å². The van der Waals surface area contributed by atoms with Gasteiger partial charge in [0.05, 0.1) is 11.5 Å². The van der Waals surface area contributed by atoms with Gasteiger partial charge in [0.15, 0.2) is 15.4 Å². The number of sulfone groups is 1. The van der Waals surface area contributed by atoms with Gasteiger partial charge >= 0.3 is 6.03 Å². The Balaban J connectivity index is 1.56. The smallest absolute Gasteiger partial charge is 0.325 e. The normalized spacial score (nSPS) is 24.8. The van der Waals surface area contributed by atoms with Gasteiger partial charge in [0.2, 0.25) is 5.91 Å². The van der Waals surface area contributed by atoms with Crippen molar-refractivity contribution in [3.63, 3.8) is 0 Å². The first-order chi connectivity index (χ1) is 14.8. The van der Waals surface area contributed by atoms with Gasteiger partial charge in [-0.2, -0.15) is 0 Å². The second-order valence-corrected chi connectivity index (χ2v) is 10.2. The lowest BCUT2D eigenvalue weighted by atomic mass is 9.83. The van der Waals surface area contributed by atoms with Crippen LogP contribution >= 0.6 is 0 Å². The second kappa shape index (κ2) is 8.14. The minimum absolute atomic E-state index is 0.0231. The predicted octanol–water partition coefficient (Wildman–Crippen LogP) is 0.980. The summed E-state index contributed by atoms with van der Waals surface area (Å²) in [5.41, 5.74) is 0.168. The molecule has 4 rings (SSSR count). The molecule has 0 unspecified atom stereocenters. The van der Waals surface area contributed by atoms with Crippen LogP contribution in [0.3, 0.4) is 0 Å². The summed E-state index contributed by atoms with van der Waals surface area (Å²) < 4.78 is 23.2. The fourth-order valence-electron chi connectivity index (χ4n) is 4.14. The number of hydrogen-bond acceptors (Lipinski definition) is 5. The van der Waals surface area contributed by atoms with E-state index in [1.807, 2.05) is 36.4 Å². The minimum atomic E-state index is -3.15. The van der Waals surface area contributed by atoms with Crippen LogP contribution in [0.1, 0.15) is 17.5 Å². The fraction of sp³-hybridized carbons (Fsp3) is 0.318. The van der Waals surface area contributed by atoms with E-state index in [0.29, 0.717) is 12.0 Å². The van der Waals surface area contributed by atoms with Crippen molar-refractivity contribution in [3.8, 4) is 0 Å². The number of rotatable bonds is 6. The van der Waals surface area contributed by atoms with Crippen molar-refractivity contribution < 1.29 is 22.8 Å². The molecular weight excluding hydrogens is 418 g/mol. The molecular formula is C22H23N3O5S. The van der Waals surface area contributed by atoms with Gasteiger partial charge < -0.3 is 10.6 Å². The maximum atomic E-state index is 13.5. The lowest BCUT2D eigenvalue weighted by Gasteiger charge is -2.27. The Morgan fingerprint density at radius 2 is 1.71 bits per heavy atom. The molecule has 31 heavy (non-hydrogen) atoms. The van der Waals surface area contributed by atoms with Gasteiger partial charge in [-0.3, -0.25) is 14.5 Å². The largest absolute Gasteiger partial charge is 0.351 e. The summed E-state index contributed by atoms with van der Waals surface area (Å²) in [4.78, 5) is 39.6. The molecule has 9 heteroatoms. The molecule has 8 nitrogen and oxygen atoms in total. The van der Waals surface area contributed by atoms with Crippen molar-refractivity contribution in [1.29, 1.82) is 0 Å². The number of amides is 4. The highest BCUT2D eigenvalue weighted by molar-refractivity contribution is 7.91. The molecule has 2 aliphatic rings. The van der Waals surface area contributed by atoms with E-state index in [1.165, 1.54) is 0 Å². The highest BCUT2D eigenvalue weighted by atomic mass is 32.2. The molecule has 2 aliphatic heterocycles. The third kappa shape index (κ3) is 4.32. The summed E-state index contributed by atoms with van der Waals surface area (Å²) in [5, 5.41) is 5.43. The van der Waals surface area contributed by atoms with Crippen molar-refractivity contribution in [3.05, 3.63) is 71.8 Å². The van der Waals surface area contributed by atoms with Crippen LogP contribution in [-0.2, 0) is 31.4 Å². The van der Waals surface area contributed by atoms with Gasteiger partial charge in [0, 0.05) is 12.5 Å². The summed E-state index contributed by atoms with van der Waals surface area (Å²) >= 11 is 0. The molecule has 2 saturated heterocycles. The molecule has 0 aliphatic carbocycles. The number of nitrogens with zero attached hydrogens (tertiary/aromatic N) is 1. The van der Waals surface area contributed by atoms with Crippen LogP contribution in [0.5, 0.6) is 0 Å². The Morgan fingerprint density at radius 3 is 2.32 bits per heavy atom. The molecule has 0 spiro atoms. The summed E-state index contributed by atoms with van der Waals surface area (Å²) in [5.74, 6) is -1.17. The third-order valence-electron chi connectivity index (χ3n) is 5.65. The van der Waals surface area contributed by atoms with E-state index in [2.05, 4.69) is 10.6 Å². The van der Waals surface area contributed by atoms with E-state index in [1.54, 1.807) is 24.3 Å². The number of carbonyl (C=O) groups excluding carboxylic acids is 3. The van der Waals surface area contributed by atoms with Gasteiger partial charge in [0.25, 0.3) is 5.91 Å². The summed E-state index contributed by atoms with van der Waals surface area (Å²) in [7, 11) is -3.15. The number of carbonyl (C=O) groups is 3. The predicted molar refractivity (Wildman–Crippen MR) is 114 cm³/mol. The van der Waals surface area contributed by atoms with E-state index < -0.39 is 45.8 Å². The molecule has 0 aromatic heterocycles. The van der Waals surface area contributed by atoms with Crippen LogP contribution in [0.2, 0.25) is 0 Å². The van der Waals surface area contributed by atoms with Gasteiger partial charge in [-0.15, -0.1) is 0 Å². The SMILES string of the molecule is O=C(CN1C(=O)N[C@](Cc2ccccc2)(c2ccccc2)C1=O)N[C@H]1CCS(=O)(=O)C1. The molecule has 2 aromatic rings. The molecule has 0 radical (unpaired) electrons. The standard InChI is InChI=1S/C22H23N3O5S/c26-19(23-18-11-12-31(29,30)15-18)14-25-20(27)22(24-21(25)28,17-9-5-2-6-10-17)13-16-7-3-1-4-8-16/h1-10,18H,11-15H2,(H,23,26)(H,24,28)/t18-,22+/m0/s1. The number of imide groups is 1. The Hall–Kier alpha value is -3.20. The van der Waals surface area contributed by atoms with Crippen LogP contribution in [0.15, 0.2) is 60.7 Å². The maximum absolute atomic E-state index is 13.5. The number of nitrogens with one attached hydrogen (secondary N) is 2. The average Bonchev–Trinajstić information content (AvgIpc) is 3.20. The van der Waals surface area contributed by atoms with Crippen LogP contribution < -0.4 is 10.6 Å². The molecule has 4 amide bonds. The van der Waals surface area contributed by atoms with Gasteiger partial charge in [-0.25, -0.2) is 13.2 Å². The van der Waals surface area contributed by atoms with Crippen molar-refractivity contribution >= 4 is 27.7 Å². The summed E-state index contributed by atoms with van der Waals surface area (Å²) in [6.07, 6.45) is 0.567. The molecule has 0 bridgehead atoms. The first-order valence-electron chi connectivity index (χ1n) is 10.0. The molecule has 0 saturated carbocycles. The van der Waals surface area contributed by atoms with E-state index >= 15 is 0 Å². The molecule has 2 fully saturated rings. The Labute approximate surface area is 180 Å². The lowest BCUT2D eigenvalue weighted by Crippen LogP contribution is -2.47. The lowest BCUT2D eigenvalue weighted by molar-refractivity contribution is -0.135. The zero-order chi connectivity index (χ0) is 22.1. The molecule has 2 heterocycles. The van der Waals surface area contributed by atoms with Crippen LogP contribution in [0.25, 0.3) is 0 Å². The zero-order valence-electron chi connectivity index (χ0n) is 16.8. The van der Waals surface area contributed by atoms with Crippen LogP contribution in [0.4, 0.5) is 4.79 Å². The highest BCUT2D eigenvalue weighted by Crippen LogP contribution is 2.33. The zero-order valence-corrected chi connectivity index (χ0v) is 17.6. The Kier molecular flexibility index (Phi) is 5.53. The summed E-state index contributed by atoms with van der Waals surface area (Å²) in [6, 6.07) is 17.1. The number of hydrogen-bond donors (Lipinski definition) is 2. The van der Waals surface area contributed by atoms with Crippen LogP contribution in [0, 0.1) is 0 Å². The molecule has 2 aromatic carbocycles. The van der Waals surface area contributed by atoms with Gasteiger partial charge in [-0.1, -0.05) is 60.7 Å². The first kappa shape index (κ1) is 21.0. The van der Waals surface area contributed by atoms with E-state index in [-0.39, 0.29) is 17.9 Å². The monoisotopic (exact) mass is 441 g/mol. The highest BCUT2D eigenvalue weighted by Gasteiger charge is 2.52. The minimum Gasteiger partial charge on any atom is -0.351 e. The van der Waals surface area contributed by atoms with Gasteiger partial charge in [0.1, 0.15) is 6.54 Å². The van der Waals surface area contributed by atoms with Crippen molar-refractivity contribution in [1.82, 2.24) is 15.5 Å². The molecule has 2 N–H and O–H groups in total. The Bertz CT molecular complexity index is 1100. The maximum Gasteiger partial charge on any atom is 0.325 e. The van der Waals surface area contributed by atoms with E-state index in [0.717, 1.165) is 10.5 Å². The first-order valence-corrected chi connectivity index (χ1v) is 11.8. The van der Waals surface area contributed by atoms with Crippen LogP contribution in [-0.4, -0.2) is 55.3 Å². The topological polar surface area (TPSA) is 113 Å². The van der Waals surface area contributed by atoms with Crippen molar-refractivity contribution in [2.24, 2.45) is 0 Å². The van der Waals surface area contributed by atoms with E-state index in [4.69, 9.17) is 0 Å². The second-order valence-electron chi connectivity index (χ2n) is 7.92. The average molecular weight is 442 g/mol. The van der Waals surface area contributed by atoms with Gasteiger partial charge in [-0.05, 0) is 17.5 Å². The number of urea groups is 1. The summed E-state index contributed by atoms with van der Waals surface area (Å²) in [6.45, 7) is -0.468.